The molecule has 242 valence electrons. The van der Waals surface area contributed by atoms with Gasteiger partial charge in [0.2, 0.25) is 0 Å². The highest BCUT2D eigenvalue weighted by atomic mass is 32.1. The lowest BCUT2D eigenvalue weighted by Crippen LogP contribution is -2.32. The lowest BCUT2D eigenvalue weighted by Gasteiger charge is -2.32. The summed E-state index contributed by atoms with van der Waals surface area (Å²) in [6, 6.07) is 27.2. The Balaban J connectivity index is 1.26. The number of carbonyl (C=O) groups is 2. The molecule has 0 radical (unpaired) electrons. The number of aromatic nitrogens is 3. The van der Waals surface area contributed by atoms with E-state index in [-0.39, 0.29) is 23.1 Å². The minimum Gasteiger partial charge on any atom is -0.317 e. The van der Waals surface area contributed by atoms with Crippen LogP contribution >= 0.6 is 11.3 Å². The summed E-state index contributed by atoms with van der Waals surface area (Å²) in [7, 11) is 0. The fraction of sp³-hybridized carbons (Fsp3) is 0.316. The highest BCUT2D eigenvalue weighted by Gasteiger charge is 2.30. The second-order valence-corrected chi connectivity index (χ2v) is 14.4. The van der Waals surface area contributed by atoms with Crippen LogP contribution in [0, 0.1) is 12.8 Å². The first kappa shape index (κ1) is 32.3. The van der Waals surface area contributed by atoms with E-state index in [9.17, 15) is 9.59 Å². The number of rotatable bonds is 9. The number of benzene rings is 2. The number of Topliss-reactive ketones (excluding diaryl/α,β-unsaturated/α-hetero) is 1. The summed E-state index contributed by atoms with van der Waals surface area (Å²) in [6.07, 6.45) is 4.06. The largest absolute Gasteiger partial charge is 0.324 e. The molecule has 1 unspecified atom stereocenters. The number of urea groups is 1. The van der Waals surface area contributed by atoms with E-state index in [2.05, 4.69) is 47.8 Å². The number of amides is 2. The minimum absolute atomic E-state index is 0.0490. The predicted octanol–water partition coefficient (Wildman–Crippen LogP) is 8.60. The van der Waals surface area contributed by atoms with Crippen LogP contribution in [-0.4, -0.2) is 39.7 Å². The molecule has 2 amide bonds. The van der Waals surface area contributed by atoms with Gasteiger partial charge in [-0.2, -0.15) is 5.10 Å². The van der Waals surface area contributed by atoms with Crippen molar-refractivity contribution >= 4 is 34.7 Å². The molecular formula is C38H42N6O2S. The number of piperidine rings is 1. The van der Waals surface area contributed by atoms with Gasteiger partial charge in [0, 0.05) is 29.8 Å². The number of thiophene rings is 1. The molecule has 1 saturated heterocycles. The van der Waals surface area contributed by atoms with E-state index in [1.54, 1.807) is 10.9 Å². The van der Waals surface area contributed by atoms with Crippen LogP contribution in [0.25, 0.3) is 16.3 Å². The molecule has 9 heteroatoms. The highest BCUT2D eigenvalue weighted by Crippen LogP contribution is 2.39. The van der Waals surface area contributed by atoms with Crippen LogP contribution in [-0.2, 0) is 5.41 Å². The molecule has 3 N–H and O–H groups in total. The molecule has 47 heavy (non-hydrogen) atoms. The SMILES string of the molecule is Cc1ccc(-n2nc(C(C)(C)C)cc2NC(=O)Nc2ccccc2C(CC(=O)c2ccc(-c3ccccn3)s2)C2CCNCC2)cc1. The molecule has 3 aromatic heterocycles. The van der Waals surface area contributed by atoms with Gasteiger partial charge in [-0.25, -0.2) is 9.48 Å². The van der Waals surface area contributed by atoms with E-state index in [4.69, 9.17) is 5.10 Å². The number of hydrogen-bond acceptors (Lipinski definition) is 6. The molecular weight excluding hydrogens is 605 g/mol. The van der Waals surface area contributed by atoms with Crippen molar-refractivity contribution in [2.75, 3.05) is 23.7 Å². The van der Waals surface area contributed by atoms with Crippen molar-refractivity contribution in [2.24, 2.45) is 5.92 Å². The first-order valence-corrected chi connectivity index (χ1v) is 17.1. The van der Waals surface area contributed by atoms with Gasteiger partial charge in [-0.15, -0.1) is 11.3 Å². The first-order valence-electron chi connectivity index (χ1n) is 16.3. The quantitative estimate of drug-likeness (QED) is 0.139. The summed E-state index contributed by atoms with van der Waals surface area (Å²) in [5, 5.41) is 14.5. The van der Waals surface area contributed by atoms with Gasteiger partial charge < -0.3 is 10.6 Å². The van der Waals surface area contributed by atoms with E-state index >= 15 is 0 Å². The second kappa shape index (κ2) is 14.0. The van der Waals surface area contributed by atoms with Gasteiger partial charge >= 0.3 is 6.03 Å². The lowest BCUT2D eigenvalue weighted by molar-refractivity contribution is 0.0963. The van der Waals surface area contributed by atoms with E-state index in [0.29, 0.717) is 23.8 Å². The fourth-order valence-electron chi connectivity index (χ4n) is 6.13. The number of ketones is 1. The summed E-state index contributed by atoms with van der Waals surface area (Å²) in [6.45, 7) is 10.2. The maximum absolute atomic E-state index is 13.8. The van der Waals surface area contributed by atoms with Gasteiger partial charge in [-0.1, -0.05) is 62.7 Å². The average Bonchev–Trinajstić information content (AvgIpc) is 3.74. The molecule has 1 atom stereocenters. The summed E-state index contributed by atoms with van der Waals surface area (Å²) in [5.41, 5.74) is 5.24. The average molecular weight is 647 g/mol. The normalized spacial score (nSPS) is 14.5. The van der Waals surface area contributed by atoms with Crippen molar-refractivity contribution in [3.63, 3.8) is 0 Å². The second-order valence-electron chi connectivity index (χ2n) is 13.3. The first-order chi connectivity index (χ1) is 22.7. The molecule has 4 heterocycles. The molecule has 6 rings (SSSR count). The van der Waals surface area contributed by atoms with Crippen LogP contribution in [0.2, 0.25) is 0 Å². The van der Waals surface area contributed by atoms with Crippen molar-refractivity contribution in [2.45, 2.75) is 58.3 Å². The molecule has 1 fully saturated rings. The maximum atomic E-state index is 13.8. The Morgan fingerprint density at radius 3 is 2.43 bits per heavy atom. The van der Waals surface area contributed by atoms with Crippen molar-refractivity contribution in [1.82, 2.24) is 20.1 Å². The van der Waals surface area contributed by atoms with E-state index < -0.39 is 0 Å². The van der Waals surface area contributed by atoms with Crippen LogP contribution in [0.15, 0.2) is 91.1 Å². The molecule has 0 spiro atoms. The molecule has 2 aromatic carbocycles. The third-order valence-electron chi connectivity index (χ3n) is 8.76. The third kappa shape index (κ3) is 7.69. The Kier molecular flexibility index (Phi) is 9.66. The standard InChI is InChI=1S/C38H42N6O2S/c1-25-12-14-27(15-13-25)44-36(24-35(43-44)38(2,3)4)42-37(46)41-30-10-6-5-9-28(30)29(26-18-21-39-22-19-26)23-32(45)34-17-16-33(47-34)31-11-7-8-20-40-31/h5-17,20,24,26,29,39H,18-19,21-23H2,1-4H3,(H2,41,42,46). The number of para-hydroxylation sites is 1. The molecule has 0 bridgehead atoms. The van der Waals surface area contributed by atoms with Gasteiger partial charge in [0.1, 0.15) is 5.82 Å². The third-order valence-corrected chi connectivity index (χ3v) is 9.91. The van der Waals surface area contributed by atoms with Gasteiger partial charge in [-0.05, 0) is 92.7 Å². The van der Waals surface area contributed by atoms with E-state index in [0.717, 1.165) is 63.9 Å². The number of hydrogen-bond donors (Lipinski definition) is 3. The molecule has 8 nitrogen and oxygen atoms in total. The Bertz CT molecular complexity index is 1830. The summed E-state index contributed by atoms with van der Waals surface area (Å²) >= 11 is 1.49. The van der Waals surface area contributed by atoms with Crippen LogP contribution in [0.5, 0.6) is 0 Å². The van der Waals surface area contributed by atoms with Gasteiger partial charge in [0.15, 0.2) is 5.78 Å². The molecule has 0 aliphatic carbocycles. The van der Waals surface area contributed by atoms with Gasteiger partial charge in [0.05, 0.1) is 26.8 Å². The number of aryl methyl sites for hydroxylation is 1. The van der Waals surface area contributed by atoms with Crippen LogP contribution in [0.4, 0.5) is 16.3 Å². The lowest BCUT2D eigenvalue weighted by atomic mass is 9.77. The van der Waals surface area contributed by atoms with Crippen molar-refractivity contribution in [3.05, 3.63) is 113 Å². The molecule has 0 saturated carbocycles. The molecule has 5 aromatic rings. The molecule has 1 aliphatic heterocycles. The summed E-state index contributed by atoms with van der Waals surface area (Å²) in [4.78, 5) is 33.7. The zero-order valence-corrected chi connectivity index (χ0v) is 28.2. The zero-order chi connectivity index (χ0) is 33.0. The summed E-state index contributed by atoms with van der Waals surface area (Å²) < 4.78 is 1.78. The molecule has 1 aliphatic rings. The van der Waals surface area contributed by atoms with E-state index in [1.807, 2.05) is 85.8 Å². The van der Waals surface area contributed by atoms with E-state index in [1.165, 1.54) is 11.3 Å². The smallest absolute Gasteiger partial charge is 0.317 e. The van der Waals surface area contributed by atoms with Crippen LogP contribution in [0.3, 0.4) is 0 Å². The van der Waals surface area contributed by atoms with Crippen molar-refractivity contribution in [1.29, 1.82) is 0 Å². The Morgan fingerprint density at radius 2 is 1.70 bits per heavy atom. The van der Waals surface area contributed by atoms with Crippen LogP contribution < -0.4 is 16.0 Å². The topological polar surface area (TPSA) is 101 Å². The fourth-order valence-corrected chi connectivity index (χ4v) is 7.07. The van der Waals surface area contributed by atoms with Gasteiger partial charge in [0.25, 0.3) is 0 Å². The predicted molar refractivity (Wildman–Crippen MR) is 191 cm³/mol. The minimum atomic E-state index is -0.361. The number of nitrogens with zero attached hydrogens (tertiary/aromatic N) is 3. The monoisotopic (exact) mass is 646 g/mol. The number of pyridine rings is 1. The number of anilines is 2. The zero-order valence-electron chi connectivity index (χ0n) is 27.4. The van der Waals surface area contributed by atoms with Gasteiger partial charge in [-0.3, -0.25) is 15.1 Å². The summed E-state index contributed by atoms with van der Waals surface area (Å²) in [5.74, 6) is 0.947. The van der Waals surface area contributed by atoms with Crippen molar-refractivity contribution in [3.8, 4) is 16.3 Å². The Labute approximate surface area is 280 Å². The number of nitrogens with one attached hydrogen (secondary N) is 3. The maximum Gasteiger partial charge on any atom is 0.324 e. The number of carbonyl (C=O) groups excluding carboxylic acids is 2. The Hall–Kier alpha value is -4.60. The highest BCUT2D eigenvalue weighted by molar-refractivity contribution is 7.17. The Morgan fingerprint density at radius 1 is 0.957 bits per heavy atom. The van der Waals surface area contributed by atoms with Crippen LogP contribution in [0.1, 0.15) is 72.4 Å². The van der Waals surface area contributed by atoms with Crippen molar-refractivity contribution < 1.29 is 9.59 Å².